The second-order valence-electron chi connectivity index (χ2n) is 3.94. The van der Waals surface area contributed by atoms with Gasteiger partial charge in [-0.3, -0.25) is 25.0 Å². The summed E-state index contributed by atoms with van der Waals surface area (Å²) in [5.74, 6) is -0.502. The van der Waals surface area contributed by atoms with Gasteiger partial charge >= 0.3 is 0 Å². The molecule has 0 aliphatic carbocycles. The summed E-state index contributed by atoms with van der Waals surface area (Å²) in [5.41, 5.74) is -0.193. The normalized spacial score (nSPS) is 8.96. The van der Waals surface area contributed by atoms with Gasteiger partial charge in [-0.05, 0) is 0 Å². The number of hydrogen-bond acceptors (Lipinski definition) is 5. The lowest BCUT2D eigenvalue weighted by molar-refractivity contribution is -0.385. The lowest BCUT2D eigenvalue weighted by Gasteiger charge is -2.01. The molecule has 0 fully saturated rings. The summed E-state index contributed by atoms with van der Waals surface area (Å²) in [5, 5.41) is 21.3. The second-order valence-corrected chi connectivity index (χ2v) is 3.94. The van der Waals surface area contributed by atoms with E-state index in [1.165, 1.54) is 36.4 Å². The van der Waals surface area contributed by atoms with E-state index in [1.54, 1.807) is 0 Å². The van der Waals surface area contributed by atoms with Gasteiger partial charge in [0.25, 0.3) is 11.4 Å². The summed E-state index contributed by atoms with van der Waals surface area (Å²) in [6.07, 6.45) is 0. The van der Waals surface area contributed by atoms with Gasteiger partial charge in [-0.2, -0.15) is 0 Å². The van der Waals surface area contributed by atoms with Crippen LogP contribution in [0.5, 0.6) is 0 Å². The molecule has 122 valence electrons. The average molecular weight is 318 g/mol. The Kier molecular flexibility index (Phi) is 7.82. The molecule has 0 N–H and O–H groups in total. The largest absolute Gasteiger partial charge is 0.289 e. The molecule has 0 radical (unpaired) electrons. The van der Waals surface area contributed by atoms with Gasteiger partial charge in [0.15, 0.2) is 5.78 Å². The van der Waals surface area contributed by atoms with Crippen LogP contribution in [0, 0.1) is 20.2 Å². The molecule has 2 aromatic rings. The van der Waals surface area contributed by atoms with E-state index in [4.69, 9.17) is 0 Å². The van der Waals surface area contributed by atoms with Crippen molar-refractivity contribution in [3.63, 3.8) is 0 Å². The fraction of sp³-hybridized carbons (Fsp3) is 0.188. The third-order valence-corrected chi connectivity index (χ3v) is 2.64. The smallest absolute Gasteiger partial charge is 0.270 e. The van der Waals surface area contributed by atoms with E-state index in [2.05, 4.69) is 0 Å². The minimum absolute atomic E-state index is 0. The van der Waals surface area contributed by atoms with Crippen LogP contribution in [0.2, 0.25) is 0 Å². The highest BCUT2D eigenvalue weighted by atomic mass is 16.6. The number of non-ortho nitro benzene ring substituents is 2. The summed E-state index contributed by atoms with van der Waals surface area (Å²) in [4.78, 5) is 32.3. The predicted molar refractivity (Wildman–Crippen MR) is 87.7 cm³/mol. The molecule has 0 aliphatic rings. The highest BCUT2D eigenvalue weighted by Crippen LogP contribution is 2.19. The molecule has 2 rings (SSSR count). The first-order chi connectivity index (χ1) is 10.5. The molecular formula is C16H18N2O5. The van der Waals surface area contributed by atoms with E-state index in [9.17, 15) is 25.0 Å². The second kappa shape index (κ2) is 9.04. The summed E-state index contributed by atoms with van der Waals surface area (Å²) in [6, 6.07) is 10.4. The van der Waals surface area contributed by atoms with Crippen LogP contribution < -0.4 is 0 Å². The molecule has 0 aliphatic heterocycles. The molecule has 0 bridgehead atoms. The molecule has 0 amide bonds. The van der Waals surface area contributed by atoms with Crippen LogP contribution >= 0.6 is 0 Å². The summed E-state index contributed by atoms with van der Waals surface area (Å²) < 4.78 is 0. The first-order valence-electron chi connectivity index (χ1n) is 6.52. The summed E-state index contributed by atoms with van der Waals surface area (Å²) in [7, 11) is 0. The first-order valence-corrected chi connectivity index (χ1v) is 6.52. The van der Waals surface area contributed by atoms with E-state index >= 15 is 0 Å². The van der Waals surface area contributed by atoms with Crippen molar-refractivity contribution >= 4 is 17.2 Å². The van der Waals surface area contributed by atoms with Gasteiger partial charge in [0.05, 0.1) is 9.85 Å². The van der Waals surface area contributed by atoms with Crippen LogP contribution in [0.25, 0.3) is 0 Å². The zero-order chi connectivity index (χ0) is 16.7. The lowest BCUT2D eigenvalue weighted by atomic mass is 10.0. The lowest BCUT2D eigenvalue weighted by Crippen LogP contribution is -2.02. The number of nitro groups is 2. The maximum atomic E-state index is 12.2. The van der Waals surface area contributed by atoms with Gasteiger partial charge in [-0.25, -0.2) is 0 Å². The number of nitrogens with zero attached hydrogens (tertiary/aromatic N) is 2. The Bertz CT molecular complexity index is 654. The van der Waals surface area contributed by atoms with Gasteiger partial charge in [0, 0.05) is 35.4 Å². The first kappa shape index (κ1) is 19.9. The van der Waals surface area contributed by atoms with Crippen LogP contribution in [-0.4, -0.2) is 15.6 Å². The zero-order valence-electron chi connectivity index (χ0n) is 12.1. The highest BCUT2D eigenvalue weighted by Gasteiger charge is 2.15. The molecule has 0 unspecified atom stereocenters. The summed E-state index contributed by atoms with van der Waals surface area (Å²) >= 11 is 0. The monoisotopic (exact) mass is 318 g/mol. The van der Waals surface area contributed by atoms with Crippen molar-refractivity contribution in [2.24, 2.45) is 0 Å². The Labute approximate surface area is 133 Å². The Morgan fingerprint density at radius 3 is 1.48 bits per heavy atom. The van der Waals surface area contributed by atoms with E-state index in [1.807, 2.05) is 13.8 Å². The standard InChI is InChI=1S/C13H8N2O5.C2H6.CH4/c16-13(9-3-1-5-11(7-9)14(17)18)10-4-2-6-12(8-10)15(19)20;1-2;/h1-8H;1-2H3;1H4. The number of carbonyl (C=O) groups excluding carboxylic acids is 1. The van der Waals surface area contributed by atoms with Gasteiger partial charge in [-0.15, -0.1) is 0 Å². The van der Waals surface area contributed by atoms with Crippen molar-refractivity contribution in [3.05, 3.63) is 79.9 Å². The minimum atomic E-state index is -0.607. The Morgan fingerprint density at radius 1 is 0.826 bits per heavy atom. The average Bonchev–Trinajstić information content (AvgIpc) is 2.56. The highest BCUT2D eigenvalue weighted by molar-refractivity contribution is 6.09. The van der Waals surface area contributed by atoms with E-state index < -0.39 is 15.6 Å². The molecule has 0 heterocycles. The van der Waals surface area contributed by atoms with Crippen LogP contribution in [0.15, 0.2) is 48.5 Å². The molecule has 0 saturated carbocycles. The van der Waals surface area contributed by atoms with E-state index in [0.29, 0.717) is 0 Å². The number of benzene rings is 2. The van der Waals surface area contributed by atoms with Crippen molar-refractivity contribution in [3.8, 4) is 0 Å². The molecule has 7 heteroatoms. The Balaban J connectivity index is 0.00000155. The molecule has 7 nitrogen and oxygen atoms in total. The van der Waals surface area contributed by atoms with Crippen LogP contribution in [0.3, 0.4) is 0 Å². The molecular weight excluding hydrogens is 300 g/mol. The number of nitro benzene ring substituents is 2. The molecule has 0 aromatic heterocycles. The third kappa shape index (κ3) is 4.99. The quantitative estimate of drug-likeness (QED) is 0.472. The van der Waals surface area contributed by atoms with Crippen LogP contribution in [0.1, 0.15) is 37.2 Å². The third-order valence-electron chi connectivity index (χ3n) is 2.64. The molecule has 0 spiro atoms. The SMILES string of the molecule is C.CC.O=C(c1cccc([N+](=O)[O-])c1)c1cccc([N+](=O)[O-])c1. The van der Waals surface area contributed by atoms with Gasteiger partial charge in [0.1, 0.15) is 0 Å². The number of carbonyl (C=O) groups is 1. The Hall–Kier alpha value is -3.09. The van der Waals surface area contributed by atoms with Crippen molar-refractivity contribution in [2.75, 3.05) is 0 Å². The maximum absolute atomic E-state index is 12.2. The minimum Gasteiger partial charge on any atom is -0.289 e. The van der Waals surface area contributed by atoms with Crippen LogP contribution in [-0.2, 0) is 0 Å². The predicted octanol–water partition coefficient (Wildman–Crippen LogP) is 4.40. The molecule has 0 atom stereocenters. The zero-order valence-corrected chi connectivity index (χ0v) is 12.1. The molecule has 0 saturated heterocycles. The van der Waals surface area contributed by atoms with Gasteiger partial charge < -0.3 is 0 Å². The number of hydrogen-bond donors (Lipinski definition) is 0. The van der Waals surface area contributed by atoms with Crippen molar-refractivity contribution in [1.82, 2.24) is 0 Å². The molecule has 23 heavy (non-hydrogen) atoms. The van der Waals surface area contributed by atoms with Gasteiger partial charge in [-0.1, -0.05) is 45.5 Å². The Morgan fingerprint density at radius 2 is 1.17 bits per heavy atom. The topological polar surface area (TPSA) is 103 Å². The maximum Gasteiger partial charge on any atom is 0.270 e. The van der Waals surface area contributed by atoms with Crippen molar-refractivity contribution < 1.29 is 14.6 Å². The fourth-order valence-electron chi connectivity index (χ4n) is 1.69. The fourth-order valence-corrected chi connectivity index (χ4v) is 1.69. The van der Waals surface area contributed by atoms with Crippen LogP contribution in [0.4, 0.5) is 11.4 Å². The number of ketones is 1. The number of rotatable bonds is 4. The van der Waals surface area contributed by atoms with Gasteiger partial charge in [0.2, 0.25) is 0 Å². The van der Waals surface area contributed by atoms with E-state index in [0.717, 1.165) is 12.1 Å². The summed E-state index contributed by atoms with van der Waals surface area (Å²) in [6.45, 7) is 4.00. The van der Waals surface area contributed by atoms with Crippen molar-refractivity contribution in [2.45, 2.75) is 21.3 Å². The molecule has 2 aromatic carbocycles. The van der Waals surface area contributed by atoms with Crippen molar-refractivity contribution in [1.29, 1.82) is 0 Å². The van der Waals surface area contributed by atoms with E-state index in [-0.39, 0.29) is 29.9 Å².